The third kappa shape index (κ3) is 5.53. The normalized spacial score (nSPS) is 11.8. The molecule has 63 heavy (non-hydrogen) atoms. The molecule has 2 aromatic heterocycles. The van der Waals surface area contributed by atoms with Crippen LogP contribution >= 0.6 is 0 Å². The minimum atomic E-state index is 0.857. The Hall–Kier alpha value is -8.40. The number of fused-ring (bicyclic) bond motifs is 10. The molecular formula is C60H37NO2. The Kier molecular flexibility index (Phi) is 7.91. The number of anilines is 3. The van der Waals surface area contributed by atoms with Crippen LogP contribution in [0.1, 0.15) is 0 Å². The molecule has 3 nitrogen and oxygen atoms in total. The van der Waals surface area contributed by atoms with Gasteiger partial charge in [0.2, 0.25) is 0 Å². The Morgan fingerprint density at radius 3 is 1.60 bits per heavy atom. The van der Waals surface area contributed by atoms with Crippen molar-refractivity contribution in [1.29, 1.82) is 0 Å². The molecule has 0 radical (unpaired) electrons. The van der Waals surface area contributed by atoms with Crippen molar-refractivity contribution in [3.05, 3.63) is 224 Å². The molecule has 0 N–H and O–H groups in total. The smallest absolute Gasteiger partial charge is 0.145 e. The van der Waals surface area contributed by atoms with Crippen LogP contribution in [0.15, 0.2) is 233 Å². The molecule has 0 unspecified atom stereocenters. The lowest BCUT2D eigenvalue weighted by atomic mass is 9.94. The summed E-state index contributed by atoms with van der Waals surface area (Å²) in [4.78, 5) is 2.43. The molecule has 3 heteroatoms. The van der Waals surface area contributed by atoms with E-state index < -0.39 is 0 Å². The van der Waals surface area contributed by atoms with Crippen LogP contribution < -0.4 is 4.90 Å². The number of para-hydroxylation sites is 2. The Morgan fingerprint density at radius 2 is 0.825 bits per heavy atom. The molecule has 0 aliphatic carbocycles. The van der Waals surface area contributed by atoms with Crippen LogP contribution in [-0.4, -0.2) is 0 Å². The van der Waals surface area contributed by atoms with Gasteiger partial charge in [-0.05, 0) is 97.7 Å². The van der Waals surface area contributed by atoms with Crippen molar-refractivity contribution in [3.63, 3.8) is 0 Å². The molecule has 13 rings (SSSR count). The highest BCUT2D eigenvalue weighted by molar-refractivity contribution is 6.21. The number of rotatable bonds is 6. The molecule has 0 aliphatic heterocycles. The number of nitrogens with zero attached hydrogens (tertiary/aromatic N) is 1. The van der Waals surface area contributed by atoms with Gasteiger partial charge in [0.25, 0.3) is 0 Å². The Labute approximate surface area is 363 Å². The lowest BCUT2D eigenvalue weighted by Gasteiger charge is -2.28. The lowest BCUT2D eigenvalue weighted by Crippen LogP contribution is -2.11. The van der Waals surface area contributed by atoms with E-state index in [9.17, 15) is 0 Å². The summed E-state index contributed by atoms with van der Waals surface area (Å²) in [5.41, 5.74) is 13.3. The van der Waals surface area contributed by atoms with Crippen LogP contribution in [0.2, 0.25) is 0 Å². The number of furan rings is 2. The zero-order valence-electron chi connectivity index (χ0n) is 34.1. The van der Waals surface area contributed by atoms with E-state index in [4.69, 9.17) is 8.83 Å². The van der Waals surface area contributed by atoms with E-state index in [1.165, 1.54) is 32.3 Å². The molecular weight excluding hydrogens is 767 g/mol. The standard InChI is InChI=1S/C60H37NO2/c1-2-14-39(15-3-1)46-35-34-45(57-51-21-8-10-26-55(51)62-59(46)57)41-28-31-42(32-29-41)61(53-25-13-24-47-44-20-7-5-17-40(44)30-33-49(47)53)54-37-36-50(48-23-12-18-38-16-4-6-19-43(38)48)60-58(54)52-22-9-11-27-56(52)63-60/h1-37H. The first-order valence-corrected chi connectivity index (χ1v) is 21.5. The average molecular weight is 804 g/mol. The van der Waals surface area contributed by atoms with E-state index >= 15 is 0 Å². The molecule has 0 atom stereocenters. The van der Waals surface area contributed by atoms with Crippen LogP contribution in [0.25, 0.3) is 110 Å². The molecule has 0 saturated carbocycles. The van der Waals surface area contributed by atoms with Crippen molar-refractivity contribution < 1.29 is 8.83 Å². The quantitative estimate of drug-likeness (QED) is 0.157. The van der Waals surface area contributed by atoms with Gasteiger partial charge in [-0.2, -0.15) is 0 Å². The maximum atomic E-state index is 6.95. The van der Waals surface area contributed by atoms with E-state index in [0.29, 0.717) is 0 Å². The first-order chi connectivity index (χ1) is 31.3. The van der Waals surface area contributed by atoms with Crippen LogP contribution in [0, 0.1) is 0 Å². The lowest BCUT2D eigenvalue weighted by molar-refractivity contribution is 0.669. The topological polar surface area (TPSA) is 29.5 Å². The summed E-state index contributed by atoms with van der Waals surface area (Å²) in [6, 6.07) is 80.4. The van der Waals surface area contributed by atoms with E-state index in [0.717, 1.165) is 94.3 Å². The maximum Gasteiger partial charge on any atom is 0.145 e. The van der Waals surface area contributed by atoms with Crippen LogP contribution in [0.5, 0.6) is 0 Å². The van der Waals surface area contributed by atoms with E-state index in [-0.39, 0.29) is 0 Å². The van der Waals surface area contributed by atoms with Crippen molar-refractivity contribution in [2.24, 2.45) is 0 Å². The summed E-state index contributed by atoms with van der Waals surface area (Å²) in [5, 5.41) is 11.6. The van der Waals surface area contributed by atoms with Gasteiger partial charge in [0.05, 0.1) is 16.8 Å². The summed E-state index contributed by atoms with van der Waals surface area (Å²) >= 11 is 0. The predicted octanol–water partition coefficient (Wildman–Crippen LogP) is 17.4. The minimum Gasteiger partial charge on any atom is -0.455 e. The van der Waals surface area contributed by atoms with Crippen molar-refractivity contribution >= 4 is 93.3 Å². The van der Waals surface area contributed by atoms with Crippen molar-refractivity contribution in [2.45, 2.75) is 0 Å². The Morgan fingerprint density at radius 1 is 0.270 bits per heavy atom. The summed E-state index contributed by atoms with van der Waals surface area (Å²) in [5.74, 6) is 0. The van der Waals surface area contributed by atoms with Crippen molar-refractivity contribution in [3.8, 4) is 33.4 Å². The van der Waals surface area contributed by atoms with E-state index in [1.807, 2.05) is 6.07 Å². The summed E-state index contributed by atoms with van der Waals surface area (Å²) < 4.78 is 13.6. The molecule has 11 aromatic carbocycles. The van der Waals surface area contributed by atoms with Gasteiger partial charge < -0.3 is 13.7 Å². The van der Waals surface area contributed by atoms with Crippen LogP contribution in [0.3, 0.4) is 0 Å². The molecule has 2 heterocycles. The highest BCUT2D eigenvalue weighted by Gasteiger charge is 2.25. The number of hydrogen-bond acceptors (Lipinski definition) is 3. The maximum absolute atomic E-state index is 6.95. The summed E-state index contributed by atoms with van der Waals surface area (Å²) in [6.07, 6.45) is 0. The largest absolute Gasteiger partial charge is 0.455 e. The number of benzene rings is 11. The van der Waals surface area contributed by atoms with Gasteiger partial charge in [0.15, 0.2) is 0 Å². The second-order valence-corrected chi connectivity index (χ2v) is 16.3. The first-order valence-electron chi connectivity index (χ1n) is 21.5. The SMILES string of the molecule is c1ccc(-c2ccc(-c3ccc(N(c4cccc5c4ccc4ccccc45)c4ccc(-c5cccc6ccccc56)c5oc6ccccc6c45)cc3)c3c2oc2ccccc23)cc1. The van der Waals surface area contributed by atoms with Gasteiger partial charge in [-0.25, -0.2) is 0 Å². The molecule has 13 aromatic rings. The monoisotopic (exact) mass is 803 g/mol. The molecule has 294 valence electrons. The molecule has 0 aliphatic rings. The van der Waals surface area contributed by atoms with Gasteiger partial charge in [-0.1, -0.05) is 176 Å². The van der Waals surface area contributed by atoms with Crippen LogP contribution in [0.4, 0.5) is 17.1 Å². The third-order valence-corrected chi connectivity index (χ3v) is 12.9. The molecule has 0 bridgehead atoms. The van der Waals surface area contributed by atoms with Crippen molar-refractivity contribution in [2.75, 3.05) is 4.90 Å². The van der Waals surface area contributed by atoms with Gasteiger partial charge in [-0.3, -0.25) is 0 Å². The van der Waals surface area contributed by atoms with Gasteiger partial charge in [0.1, 0.15) is 22.3 Å². The fraction of sp³-hybridized carbons (Fsp3) is 0. The predicted molar refractivity (Wildman–Crippen MR) is 265 cm³/mol. The van der Waals surface area contributed by atoms with Gasteiger partial charge >= 0.3 is 0 Å². The fourth-order valence-corrected chi connectivity index (χ4v) is 10.00. The van der Waals surface area contributed by atoms with Crippen LogP contribution in [-0.2, 0) is 0 Å². The molecule has 0 fully saturated rings. The first kappa shape index (κ1) is 35.4. The second kappa shape index (κ2) is 14.1. The highest BCUT2D eigenvalue weighted by atomic mass is 16.3. The zero-order chi connectivity index (χ0) is 41.4. The third-order valence-electron chi connectivity index (χ3n) is 12.9. The van der Waals surface area contributed by atoms with Crippen molar-refractivity contribution in [1.82, 2.24) is 0 Å². The summed E-state index contributed by atoms with van der Waals surface area (Å²) in [6.45, 7) is 0. The molecule has 0 spiro atoms. The minimum absolute atomic E-state index is 0.857. The molecule has 0 saturated heterocycles. The fourth-order valence-electron chi connectivity index (χ4n) is 10.00. The Balaban J connectivity index is 1.06. The van der Waals surface area contributed by atoms with Gasteiger partial charge in [-0.15, -0.1) is 0 Å². The van der Waals surface area contributed by atoms with E-state index in [1.54, 1.807) is 0 Å². The molecule has 0 amide bonds. The number of hydrogen-bond donors (Lipinski definition) is 0. The highest BCUT2D eigenvalue weighted by Crippen LogP contribution is 2.49. The summed E-state index contributed by atoms with van der Waals surface area (Å²) in [7, 11) is 0. The zero-order valence-corrected chi connectivity index (χ0v) is 34.1. The second-order valence-electron chi connectivity index (χ2n) is 16.3. The average Bonchev–Trinajstić information content (AvgIpc) is 3.94. The van der Waals surface area contributed by atoms with Gasteiger partial charge in [0, 0.05) is 38.4 Å². The van der Waals surface area contributed by atoms with E-state index in [2.05, 4.69) is 223 Å². The Bertz CT molecular complexity index is 3910.